The maximum absolute atomic E-state index is 9.75. The van der Waals surface area contributed by atoms with E-state index in [9.17, 15) is 17.3 Å². The summed E-state index contributed by atoms with van der Waals surface area (Å²) in [6.45, 7) is 48.9. The number of benzene rings is 2. The summed E-state index contributed by atoms with van der Waals surface area (Å²) in [7, 11) is -6.00. The third-order valence-electron chi connectivity index (χ3n) is 9.38. The number of rotatable bonds is 9. The summed E-state index contributed by atoms with van der Waals surface area (Å²) >= 11 is 5.17. The zero-order chi connectivity index (χ0) is 47.2. The number of ether oxygens (including phenoxy) is 1. The number of anilines is 1. The first-order chi connectivity index (χ1) is 27.8. The topological polar surface area (TPSA) is 115 Å². The molecule has 2 aromatic carbocycles. The molecule has 334 valence electrons. The normalized spacial score (nSPS) is 16.2. The van der Waals surface area contributed by atoms with Crippen LogP contribution in [0.2, 0.25) is 0 Å². The summed E-state index contributed by atoms with van der Waals surface area (Å²) in [4.78, 5) is 2.39. The Balaban J connectivity index is -0.000000280. The van der Waals surface area contributed by atoms with E-state index in [-0.39, 0.29) is 16.8 Å². The molecule has 4 rings (SSSR count). The summed E-state index contributed by atoms with van der Waals surface area (Å²) < 4.78 is 85.6. The number of para-hydroxylation sites is 2. The van der Waals surface area contributed by atoms with Crippen molar-refractivity contribution in [1.82, 2.24) is 0 Å². The van der Waals surface area contributed by atoms with Crippen molar-refractivity contribution in [2.75, 3.05) is 18.1 Å². The van der Waals surface area contributed by atoms with Crippen LogP contribution in [0.3, 0.4) is 0 Å². The predicted molar refractivity (Wildman–Crippen MR) is 217 cm³/mol. The average molecular weight is 929 g/mol. The fourth-order valence-corrected chi connectivity index (χ4v) is 7.29. The van der Waals surface area contributed by atoms with Gasteiger partial charge in [0, 0.05) is 16.8 Å². The first kappa shape index (κ1) is 65.9. The van der Waals surface area contributed by atoms with Gasteiger partial charge in [-0.25, -0.2) is 0 Å². The molecule has 8 nitrogen and oxygen atoms in total. The molecule has 1 fully saturated rings. The van der Waals surface area contributed by atoms with Gasteiger partial charge in [0.2, 0.25) is 0 Å². The van der Waals surface area contributed by atoms with E-state index in [0.29, 0.717) is 48.2 Å². The molecule has 0 unspecified atom stereocenters. The SMILES string of the molecule is C#CCO[C@H]1C[C@@H](C)CC[C@@H]1C(C)C.CC(C)c1cccc(C(C)C)c1N1CC=[N+](c2c(C(C)C)cccc2C(C)C)[C]1=[Co].F[B-](F)(F)F.[C-]#[O+].[C-]#[O+].[C-]#[O+].[C-]#[O+].[C-]#[O+].[Co]. The van der Waals surface area contributed by atoms with E-state index < -0.39 is 7.25 Å². The number of hydrogen-bond donors (Lipinski definition) is 0. The van der Waals surface area contributed by atoms with Gasteiger partial charge in [-0.05, 0) is 30.6 Å². The van der Waals surface area contributed by atoms with Crippen LogP contribution in [-0.4, -0.2) is 42.0 Å². The first-order valence-electron chi connectivity index (χ1n) is 18.9. The molecule has 2 aromatic rings. The van der Waals surface area contributed by atoms with Crippen molar-refractivity contribution in [3.8, 4) is 12.3 Å². The van der Waals surface area contributed by atoms with Gasteiger partial charge in [-0.1, -0.05) is 33.1 Å². The van der Waals surface area contributed by atoms with Crippen molar-refractivity contribution < 1.29 is 81.9 Å². The third-order valence-corrected chi connectivity index (χ3v) is 9.92. The Morgan fingerprint density at radius 3 is 1.45 bits per heavy atom. The Morgan fingerprint density at radius 1 is 0.750 bits per heavy atom. The second kappa shape index (κ2) is 36.5. The van der Waals surface area contributed by atoms with Gasteiger partial charge in [0.25, 0.3) is 0 Å². The number of hydrogen-bond acceptors (Lipinski definition) is 2. The van der Waals surface area contributed by atoms with Crippen LogP contribution in [-0.2, 0) is 60.1 Å². The standard InChI is InChI=1S/C27H37N2.C13H22O.5CO.BF4.2Co/c1-18(2)22-11-9-12-23(19(3)4)26(22)28-15-16-29(17-28)27-24(20(5)6)13-10-14-25(27)21(7)8;1-5-8-14-13-9-11(4)6-7-12(13)10(2)3;5*1-2;2-1(3,4)5;;/h9-15,18-21H,16H2,1-8H3;1,10-13H,6-9H2,2-4H3;;;;;;;;/q+1;;;;;;;-1;;/t;11-,12+,13-;;;;;;;;/m.0......../s1. The Labute approximate surface area is 375 Å². The van der Waals surface area contributed by atoms with E-state index in [1.165, 1.54) is 52.9 Å². The Morgan fingerprint density at radius 2 is 1.12 bits per heavy atom. The van der Waals surface area contributed by atoms with Crippen molar-refractivity contribution in [2.45, 2.75) is 125 Å². The molecule has 1 heterocycles. The fourth-order valence-electron chi connectivity index (χ4n) is 6.87. The van der Waals surface area contributed by atoms with Crippen LogP contribution in [0.25, 0.3) is 0 Å². The van der Waals surface area contributed by atoms with Crippen LogP contribution in [0.1, 0.15) is 141 Å². The molecule has 0 aromatic heterocycles. The molecule has 0 saturated heterocycles. The largest absolute Gasteiger partial charge is 0 e. The quantitative estimate of drug-likeness (QED) is 0.0622. The number of terminal acetylenes is 1. The zero-order valence-electron chi connectivity index (χ0n) is 36.4. The molecular formula is C45H59BCo2F4N2O6. The number of halogens is 4. The maximum Gasteiger partial charge on any atom is 0 e. The molecule has 0 spiro atoms. The van der Waals surface area contributed by atoms with E-state index in [2.05, 4.69) is 167 Å². The van der Waals surface area contributed by atoms with Gasteiger partial charge >= 0.3 is 255 Å². The maximum atomic E-state index is 9.75. The minimum atomic E-state index is -6.00. The molecular weight excluding hydrogens is 869 g/mol. The van der Waals surface area contributed by atoms with Crippen molar-refractivity contribution in [1.29, 1.82) is 0 Å². The third kappa shape index (κ3) is 23.1. The van der Waals surface area contributed by atoms with Gasteiger partial charge < -0.3 is 22.0 Å². The molecule has 1 aliphatic heterocycles. The molecule has 60 heavy (non-hydrogen) atoms. The van der Waals surface area contributed by atoms with Crippen LogP contribution in [0.5, 0.6) is 0 Å². The Hall–Kier alpha value is -3.20. The monoisotopic (exact) mass is 928 g/mol. The fraction of sp³-hybridized carbons (Fsp3) is 0.533. The summed E-state index contributed by atoms with van der Waals surface area (Å²) in [6.07, 6.45) is 11.8. The molecule has 1 radical (unpaired) electrons. The summed E-state index contributed by atoms with van der Waals surface area (Å²) in [6, 6.07) is 13.5. The Kier molecular flexibility index (Phi) is 40.0. The molecule has 0 N–H and O–H groups in total. The molecule has 2 aliphatic rings. The van der Waals surface area contributed by atoms with Crippen LogP contribution < -0.4 is 4.90 Å². The van der Waals surface area contributed by atoms with E-state index in [0.717, 1.165) is 17.2 Å². The van der Waals surface area contributed by atoms with Crippen molar-refractivity contribution in [2.24, 2.45) is 17.8 Å². The van der Waals surface area contributed by atoms with Crippen LogP contribution in [0, 0.1) is 63.3 Å². The van der Waals surface area contributed by atoms with E-state index in [4.69, 9.17) is 49.7 Å². The van der Waals surface area contributed by atoms with E-state index >= 15 is 0 Å². The summed E-state index contributed by atoms with van der Waals surface area (Å²) in [5, 5.41) is 0. The van der Waals surface area contributed by atoms with Crippen LogP contribution in [0.4, 0.5) is 28.6 Å². The van der Waals surface area contributed by atoms with E-state index in [1.54, 1.807) is 0 Å². The van der Waals surface area contributed by atoms with Crippen LogP contribution in [0.15, 0.2) is 36.4 Å². The van der Waals surface area contributed by atoms with Gasteiger partial charge in [0.15, 0.2) is 0 Å². The summed E-state index contributed by atoms with van der Waals surface area (Å²) in [5.41, 5.74) is 8.18. The van der Waals surface area contributed by atoms with E-state index in [1.807, 2.05) is 0 Å². The van der Waals surface area contributed by atoms with Gasteiger partial charge in [-0.15, -0.1) is 6.42 Å². The van der Waals surface area contributed by atoms with Crippen molar-refractivity contribution in [3.05, 3.63) is 91.9 Å². The Bertz CT molecular complexity index is 1600. The van der Waals surface area contributed by atoms with Crippen LogP contribution >= 0.6 is 0 Å². The smallest absolute Gasteiger partial charge is 0 e. The number of nitrogens with zero attached hydrogens (tertiary/aromatic N) is 2. The zero-order valence-corrected chi connectivity index (χ0v) is 38.5. The molecule has 0 bridgehead atoms. The van der Waals surface area contributed by atoms with Crippen molar-refractivity contribution in [3.63, 3.8) is 0 Å². The van der Waals surface area contributed by atoms with Gasteiger partial charge in [-0.3, -0.25) is 0 Å². The van der Waals surface area contributed by atoms with Gasteiger partial charge in [0.05, 0.1) is 6.10 Å². The van der Waals surface area contributed by atoms with Gasteiger partial charge in [0.1, 0.15) is 6.61 Å². The molecule has 3 atom stereocenters. The first-order valence-corrected chi connectivity index (χ1v) is 19.4. The molecule has 15 heteroatoms. The molecule has 1 aliphatic carbocycles. The predicted octanol–water partition coefficient (Wildman–Crippen LogP) is 11.3. The molecule has 0 amide bonds. The molecule has 1 saturated carbocycles. The average Bonchev–Trinajstić information content (AvgIpc) is 3.59. The second-order valence-corrected chi connectivity index (χ2v) is 15.4. The minimum absolute atomic E-state index is 0. The second-order valence-electron chi connectivity index (χ2n) is 15.0. The summed E-state index contributed by atoms with van der Waals surface area (Å²) in [5.74, 6) is 6.62. The minimum Gasteiger partial charge on any atom is 0 e. The van der Waals surface area contributed by atoms with Crippen molar-refractivity contribution >= 4 is 29.5 Å². The van der Waals surface area contributed by atoms with Gasteiger partial charge in [-0.2, -0.15) is 0 Å².